The van der Waals surface area contributed by atoms with E-state index in [4.69, 9.17) is 0 Å². The van der Waals surface area contributed by atoms with Crippen LogP contribution in [-0.2, 0) is 0 Å². The standard InChI is InChI=1S/C15H10BrFN2O/c16-9-2-1-3-11(6-9)18-8-13-12-7-10(17)4-5-14(12)19-15(13)20/h1-8,19-20H. The molecule has 0 radical (unpaired) electrons. The minimum absolute atomic E-state index is 0.0238. The zero-order valence-corrected chi connectivity index (χ0v) is 11.9. The van der Waals surface area contributed by atoms with E-state index in [-0.39, 0.29) is 11.7 Å². The van der Waals surface area contributed by atoms with E-state index in [1.807, 2.05) is 24.3 Å². The lowest BCUT2D eigenvalue weighted by Gasteiger charge is -1.95. The smallest absolute Gasteiger partial charge is 0.198 e. The summed E-state index contributed by atoms with van der Waals surface area (Å²) in [6.07, 6.45) is 1.52. The Bertz CT molecular complexity index is 811. The first-order valence-electron chi connectivity index (χ1n) is 5.93. The van der Waals surface area contributed by atoms with Crippen molar-refractivity contribution in [1.29, 1.82) is 0 Å². The van der Waals surface area contributed by atoms with Gasteiger partial charge < -0.3 is 10.1 Å². The molecule has 20 heavy (non-hydrogen) atoms. The molecule has 3 nitrogen and oxygen atoms in total. The summed E-state index contributed by atoms with van der Waals surface area (Å²) in [6, 6.07) is 11.8. The van der Waals surface area contributed by atoms with Gasteiger partial charge in [-0.15, -0.1) is 0 Å². The SMILES string of the molecule is Oc1[nH]c2ccc(F)cc2c1C=Nc1cccc(Br)c1. The van der Waals surface area contributed by atoms with Gasteiger partial charge in [-0.2, -0.15) is 0 Å². The average Bonchev–Trinajstić information content (AvgIpc) is 2.72. The summed E-state index contributed by atoms with van der Waals surface area (Å²) >= 11 is 3.37. The monoisotopic (exact) mass is 332 g/mol. The van der Waals surface area contributed by atoms with Crippen LogP contribution in [0, 0.1) is 5.82 Å². The molecule has 0 aliphatic carbocycles. The lowest BCUT2D eigenvalue weighted by atomic mass is 10.2. The van der Waals surface area contributed by atoms with Crippen molar-refractivity contribution in [1.82, 2.24) is 4.98 Å². The van der Waals surface area contributed by atoms with E-state index in [0.717, 1.165) is 10.2 Å². The Hall–Kier alpha value is -2.14. The minimum atomic E-state index is -0.353. The summed E-state index contributed by atoms with van der Waals surface area (Å²) in [6.45, 7) is 0. The number of aliphatic imine (C=N–C) groups is 1. The van der Waals surface area contributed by atoms with E-state index in [1.54, 1.807) is 6.07 Å². The van der Waals surface area contributed by atoms with Crippen molar-refractivity contribution in [3.63, 3.8) is 0 Å². The maximum absolute atomic E-state index is 13.3. The Morgan fingerprint density at radius 2 is 2.05 bits per heavy atom. The van der Waals surface area contributed by atoms with Gasteiger partial charge in [0, 0.05) is 21.6 Å². The van der Waals surface area contributed by atoms with Crippen molar-refractivity contribution in [3.05, 3.63) is 58.3 Å². The summed E-state index contributed by atoms with van der Waals surface area (Å²) in [7, 11) is 0. The summed E-state index contributed by atoms with van der Waals surface area (Å²) in [5.74, 6) is -0.377. The second-order valence-electron chi connectivity index (χ2n) is 4.32. The van der Waals surface area contributed by atoms with Gasteiger partial charge in [0.1, 0.15) is 5.82 Å². The summed E-state index contributed by atoms with van der Waals surface area (Å²) in [5.41, 5.74) is 1.88. The second-order valence-corrected chi connectivity index (χ2v) is 5.23. The van der Waals surface area contributed by atoms with E-state index in [2.05, 4.69) is 25.9 Å². The zero-order valence-electron chi connectivity index (χ0n) is 10.3. The molecule has 0 saturated carbocycles. The van der Waals surface area contributed by atoms with E-state index in [1.165, 1.54) is 18.3 Å². The fraction of sp³-hybridized carbons (Fsp3) is 0. The van der Waals surface area contributed by atoms with Crippen molar-refractivity contribution in [3.8, 4) is 5.88 Å². The Balaban J connectivity index is 2.06. The number of hydrogen-bond donors (Lipinski definition) is 2. The van der Waals surface area contributed by atoms with Crippen LogP contribution in [0.2, 0.25) is 0 Å². The number of fused-ring (bicyclic) bond motifs is 1. The van der Waals surface area contributed by atoms with E-state index >= 15 is 0 Å². The van der Waals surface area contributed by atoms with Crippen molar-refractivity contribution >= 4 is 38.7 Å². The first-order chi connectivity index (χ1) is 9.63. The first-order valence-corrected chi connectivity index (χ1v) is 6.72. The minimum Gasteiger partial charge on any atom is -0.494 e. The largest absolute Gasteiger partial charge is 0.494 e. The molecule has 2 aromatic carbocycles. The molecule has 100 valence electrons. The molecule has 1 aromatic heterocycles. The maximum Gasteiger partial charge on any atom is 0.198 e. The topological polar surface area (TPSA) is 48.4 Å². The molecule has 0 unspecified atom stereocenters. The van der Waals surface area contributed by atoms with Crippen LogP contribution in [0.4, 0.5) is 10.1 Å². The Morgan fingerprint density at radius 1 is 1.20 bits per heavy atom. The fourth-order valence-corrected chi connectivity index (χ4v) is 2.38. The lowest BCUT2D eigenvalue weighted by Crippen LogP contribution is -1.80. The molecule has 0 aliphatic heterocycles. The number of aromatic hydroxyl groups is 1. The predicted molar refractivity (Wildman–Crippen MR) is 81.3 cm³/mol. The molecule has 0 bridgehead atoms. The predicted octanol–water partition coefficient (Wildman–Crippen LogP) is 4.53. The number of aromatic amines is 1. The molecule has 1 heterocycles. The van der Waals surface area contributed by atoms with Gasteiger partial charge in [0.25, 0.3) is 0 Å². The van der Waals surface area contributed by atoms with Crippen molar-refractivity contribution < 1.29 is 9.50 Å². The molecule has 0 saturated heterocycles. The summed E-state index contributed by atoms with van der Waals surface area (Å²) in [4.78, 5) is 7.08. The number of nitrogens with zero attached hydrogens (tertiary/aromatic N) is 1. The zero-order chi connectivity index (χ0) is 14.1. The molecular weight excluding hydrogens is 323 g/mol. The first kappa shape index (κ1) is 12.9. The molecule has 5 heteroatoms. The molecule has 0 fully saturated rings. The molecule has 0 amide bonds. The second kappa shape index (κ2) is 5.09. The highest BCUT2D eigenvalue weighted by Crippen LogP contribution is 2.27. The number of nitrogens with one attached hydrogen (secondary N) is 1. The van der Waals surface area contributed by atoms with Crippen molar-refractivity contribution in [2.75, 3.05) is 0 Å². The quantitative estimate of drug-likeness (QED) is 0.665. The number of benzene rings is 2. The van der Waals surface area contributed by atoms with Crippen LogP contribution in [0.1, 0.15) is 5.56 Å². The maximum atomic E-state index is 13.3. The van der Waals surface area contributed by atoms with Gasteiger partial charge in [0.15, 0.2) is 5.88 Å². The van der Waals surface area contributed by atoms with Crippen LogP contribution in [0.3, 0.4) is 0 Å². The molecule has 0 atom stereocenters. The average molecular weight is 333 g/mol. The highest BCUT2D eigenvalue weighted by atomic mass is 79.9. The van der Waals surface area contributed by atoms with Crippen molar-refractivity contribution in [2.24, 2.45) is 4.99 Å². The Kier molecular flexibility index (Phi) is 3.28. The third kappa shape index (κ3) is 2.44. The Morgan fingerprint density at radius 3 is 2.85 bits per heavy atom. The lowest BCUT2D eigenvalue weighted by molar-refractivity contribution is 0.457. The number of H-pyrrole nitrogens is 1. The molecule has 3 rings (SSSR count). The number of aromatic nitrogens is 1. The van der Waals surface area contributed by atoms with Crippen LogP contribution in [-0.4, -0.2) is 16.3 Å². The number of rotatable bonds is 2. The highest BCUT2D eigenvalue weighted by molar-refractivity contribution is 9.10. The van der Waals surface area contributed by atoms with Gasteiger partial charge in [-0.1, -0.05) is 22.0 Å². The summed E-state index contributed by atoms with van der Waals surface area (Å²) < 4.78 is 14.2. The van der Waals surface area contributed by atoms with Crippen LogP contribution in [0.15, 0.2) is 51.9 Å². The number of hydrogen-bond acceptors (Lipinski definition) is 2. The molecule has 3 aromatic rings. The highest BCUT2D eigenvalue weighted by Gasteiger charge is 2.09. The molecule has 2 N–H and O–H groups in total. The molecule has 0 aliphatic rings. The molecular formula is C15H10BrFN2O. The van der Waals surface area contributed by atoms with E-state index < -0.39 is 0 Å². The van der Waals surface area contributed by atoms with Crippen LogP contribution in [0.25, 0.3) is 10.9 Å². The van der Waals surface area contributed by atoms with Crippen LogP contribution >= 0.6 is 15.9 Å². The van der Waals surface area contributed by atoms with Gasteiger partial charge in [-0.25, -0.2) is 4.39 Å². The van der Waals surface area contributed by atoms with Crippen molar-refractivity contribution in [2.45, 2.75) is 0 Å². The van der Waals surface area contributed by atoms with Crippen LogP contribution < -0.4 is 0 Å². The third-order valence-electron chi connectivity index (χ3n) is 2.93. The summed E-state index contributed by atoms with van der Waals surface area (Å²) in [5, 5.41) is 10.5. The van der Waals surface area contributed by atoms with Gasteiger partial charge >= 0.3 is 0 Å². The van der Waals surface area contributed by atoms with E-state index in [9.17, 15) is 9.50 Å². The Labute approximate surface area is 122 Å². The van der Waals surface area contributed by atoms with Gasteiger partial charge in [0.05, 0.1) is 11.3 Å². The van der Waals surface area contributed by atoms with Gasteiger partial charge in [-0.05, 0) is 36.4 Å². The van der Waals surface area contributed by atoms with Gasteiger partial charge in [-0.3, -0.25) is 4.99 Å². The van der Waals surface area contributed by atoms with E-state index in [0.29, 0.717) is 16.5 Å². The van der Waals surface area contributed by atoms with Gasteiger partial charge in [0.2, 0.25) is 0 Å². The fourth-order valence-electron chi connectivity index (χ4n) is 2.00. The normalized spacial score (nSPS) is 11.5. The van der Waals surface area contributed by atoms with Crippen LogP contribution in [0.5, 0.6) is 5.88 Å². The third-order valence-corrected chi connectivity index (χ3v) is 3.42. The number of halogens is 2. The molecule has 0 spiro atoms.